The van der Waals surface area contributed by atoms with Crippen molar-refractivity contribution in [2.75, 3.05) is 37.1 Å². The van der Waals surface area contributed by atoms with Gasteiger partial charge in [0.1, 0.15) is 17.2 Å². The summed E-state index contributed by atoms with van der Waals surface area (Å²) in [5.41, 5.74) is 6.85. The summed E-state index contributed by atoms with van der Waals surface area (Å²) in [6.07, 6.45) is 6.62. The maximum atomic E-state index is 4.98. The van der Waals surface area contributed by atoms with Crippen molar-refractivity contribution in [2.24, 2.45) is 0 Å². The summed E-state index contributed by atoms with van der Waals surface area (Å²) in [5, 5.41) is 16.6. The lowest BCUT2D eigenvalue weighted by molar-refractivity contribution is 0.568. The minimum atomic E-state index is 0.785. The van der Waals surface area contributed by atoms with Gasteiger partial charge in [-0.3, -0.25) is 0 Å². The smallest absolute Gasteiger partial charge is 0.160 e. The monoisotopic (exact) mass is 495 g/mol. The van der Waals surface area contributed by atoms with Crippen LogP contribution in [0.1, 0.15) is 37.4 Å². The van der Waals surface area contributed by atoms with E-state index >= 15 is 0 Å². The topological polar surface area (TPSA) is 72.3 Å². The van der Waals surface area contributed by atoms with E-state index in [1.54, 1.807) is 0 Å². The Kier molecular flexibility index (Phi) is 5.90. The van der Waals surface area contributed by atoms with E-state index in [1.807, 2.05) is 52.3 Å². The van der Waals surface area contributed by atoms with Gasteiger partial charge >= 0.3 is 0 Å². The first kappa shape index (κ1) is 23.3. The Morgan fingerprint density at radius 2 is 1.68 bits per heavy atom. The number of aryl methyl sites for hydroxylation is 2. The van der Waals surface area contributed by atoms with E-state index in [1.165, 1.54) is 24.8 Å². The molecule has 9 heteroatoms. The highest BCUT2D eigenvalue weighted by atomic mass is 15.6. The van der Waals surface area contributed by atoms with Gasteiger partial charge in [0, 0.05) is 51.1 Å². The molecule has 0 unspecified atom stereocenters. The van der Waals surface area contributed by atoms with E-state index in [9.17, 15) is 0 Å². The molecule has 37 heavy (non-hydrogen) atoms. The van der Waals surface area contributed by atoms with Gasteiger partial charge < -0.3 is 9.91 Å². The SMILES string of the molecule is CCc1cccc(-c2ccn(-c3cc(N4CCCCC4)n4nc(-c5cc(C)n(N(C)C)n5)cc4n3)n2)c1. The molecule has 6 rings (SSSR count). The molecule has 0 aliphatic carbocycles. The summed E-state index contributed by atoms with van der Waals surface area (Å²) in [6, 6.07) is 16.8. The maximum Gasteiger partial charge on any atom is 0.160 e. The fourth-order valence-corrected chi connectivity index (χ4v) is 5.09. The van der Waals surface area contributed by atoms with Crippen LogP contribution >= 0.6 is 0 Å². The van der Waals surface area contributed by atoms with Crippen molar-refractivity contribution in [3.8, 4) is 28.5 Å². The van der Waals surface area contributed by atoms with Crippen LogP contribution in [-0.4, -0.2) is 61.5 Å². The van der Waals surface area contributed by atoms with Crippen molar-refractivity contribution in [2.45, 2.75) is 39.5 Å². The zero-order chi connectivity index (χ0) is 25.5. The molecule has 0 atom stereocenters. The van der Waals surface area contributed by atoms with Crippen LogP contribution in [0, 0.1) is 6.92 Å². The Morgan fingerprint density at radius 1 is 0.865 bits per heavy atom. The van der Waals surface area contributed by atoms with Gasteiger partial charge in [-0.2, -0.15) is 24.6 Å². The zero-order valence-electron chi connectivity index (χ0n) is 22.0. The molecular formula is C28H33N9. The normalized spacial score (nSPS) is 14.0. The van der Waals surface area contributed by atoms with Crippen molar-refractivity contribution < 1.29 is 0 Å². The lowest BCUT2D eigenvalue weighted by atomic mass is 10.1. The first-order valence-electron chi connectivity index (χ1n) is 13.1. The van der Waals surface area contributed by atoms with Crippen LogP contribution in [0.2, 0.25) is 0 Å². The number of rotatable bonds is 6. The van der Waals surface area contributed by atoms with Crippen LogP contribution in [0.25, 0.3) is 34.1 Å². The lowest BCUT2D eigenvalue weighted by Crippen LogP contribution is -2.31. The van der Waals surface area contributed by atoms with Crippen LogP contribution in [0.4, 0.5) is 5.82 Å². The average molecular weight is 496 g/mol. The highest BCUT2D eigenvalue weighted by Crippen LogP contribution is 2.27. The number of hydrogen-bond acceptors (Lipinski definition) is 6. The Labute approximate surface area is 216 Å². The number of aromatic nitrogens is 7. The van der Waals surface area contributed by atoms with Crippen molar-refractivity contribution >= 4 is 11.5 Å². The van der Waals surface area contributed by atoms with Gasteiger partial charge in [-0.25, -0.2) is 9.67 Å². The number of piperidine rings is 1. The highest BCUT2D eigenvalue weighted by molar-refractivity contribution is 5.65. The van der Waals surface area contributed by atoms with E-state index in [0.717, 1.165) is 65.1 Å². The Balaban J connectivity index is 1.45. The summed E-state index contributed by atoms with van der Waals surface area (Å²) in [4.78, 5) is 9.27. The fraction of sp³-hybridized carbons (Fsp3) is 0.357. The van der Waals surface area contributed by atoms with Gasteiger partial charge in [0.25, 0.3) is 0 Å². The predicted octanol–water partition coefficient (Wildman–Crippen LogP) is 4.50. The molecule has 0 amide bonds. The van der Waals surface area contributed by atoms with Crippen molar-refractivity contribution in [3.63, 3.8) is 0 Å². The molecule has 0 bridgehead atoms. The fourth-order valence-electron chi connectivity index (χ4n) is 5.09. The molecule has 5 aromatic rings. The second-order valence-electron chi connectivity index (χ2n) is 9.93. The number of benzene rings is 1. The number of nitrogens with zero attached hydrogens (tertiary/aromatic N) is 9. The Hall–Kier alpha value is -4.14. The summed E-state index contributed by atoms with van der Waals surface area (Å²) in [5.74, 6) is 1.83. The number of hydrogen-bond donors (Lipinski definition) is 0. The van der Waals surface area contributed by atoms with E-state index in [4.69, 9.17) is 20.3 Å². The minimum absolute atomic E-state index is 0.785. The highest BCUT2D eigenvalue weighted by Gasteiger charge is 2.20. The van der Waals surface area contributed by atoms with E-state index in [2.05, 4.69) is 54.3 Å². The molecule has 0 saturated carbocycles. The molecule has 0 N–H and O–H groups in total. The summed E-state index contributed by atoms with van der Waals surface area (Å²) in [7, 11) is 3.96. The number of fused-ring (bicyclic) bond motifs is 1. The molecule has 0 radical (unpaired) electrons. The van der Waals surface area contributed by atoms with Crippen molar-refractivity contribution in [1.29, 1.82) is 0 Å². The zero-order valence-corrected chi connectivity index (χ0v) is 22.0. The first-order valence-corrected chi connectivity index (χ1v) is 13.1. The summed E-state index contributed by atoms with van der Waals surface area (Å²) in [6.45, 7) is 6.24. The quantitative estimate of drug-likeness (QED) is 0.345. The largest absolute Gasteiger partial charge is 0.356 e. The summed E-state index contributed by atoms with van der Waals surface area (Å²) < 4.78 is 3.84. The predicted molar refractivity (Wildman–Crippen MR) is 147 cm³/mol. The van der Waals surface area contributed by atoms with Gasteiger partial charge in [-0.15, -0.1) is 0 Å². The van der Waals surface area contributed by atoms with Gasteiger partial charge in [-0.05, 0) is 56.4 Å². The van der Waals surface area contributed by atoms with Crippen LogP contribution in [-0.2, 0) is 6.42 Å². The summed E-state index contributed by atoms with van der Waals surface area (Å²) >= 11 is 0. The second kappa shape index (κ2) is 9.38. The molecule has 1 aliphatic rings. The van der Waals surface area contributed by atoms with E-state index in [-0.39, 0.29) is 0 Å². The first-order chi connectivity index (χ1) is 18.0. The molecule has 0 spiro atoms. The Morgan fingerprint density at radius 3 is 2.43 bits per heavy atom. The molecule has 5 heterocycles. The van der Waals surface area contributed by atoms with E-state index < -0.39 is 0 Å². The van der Waals surface area contributed by atoms with Gasteiger partial charge in [0.05, 0.1) is 11.4 Å². The van der Waals surface area contributed by atoms with Crippen LogP contribution in [0.3, 0.4) is 0 Å². The third-order valence-electron chi connectivity index (χ3n) is 7.03. The van der Waals surface area contributed by atoms with Crippen LogP contribution < -0.4 is 9.91 Å². The lowest BCUT2D eigenvalue weighted by Gasteiger charge is -2.29. The number of anilines is 1. The molecule has 1 aromatic carbocycles. The molecule has 4 aromatic heterocycles. The average Bonchev–Trinajstić information content (AvgIpc) is 3.66. The molecule has 1 aliphatic heterocycles. The molecular weight excluding hydrogens is 462 g/mol. The molecule has 1 fully saturated rings. The Bertz CT molecular complexity index is 1550. The molecule has 1 saturated heterocycles. The van der Waals surface area contributed by atoms with Gasteiger partial charge in [0.2, 0.25) is 0 Å². The van der Waals surface area contributed by atoms with E-state index in [0.29, 0.717) is 0 Å². The molecule has 190 valence electrons. The molecule has 9 nitrogen and oxygen atoms in total. The van der Waals surface area contributed by atoms with Crippen molar-refractivity contribution in [1.82, 2.24) is 34.3 Å². The maximum absolute atomic E-state index is 4.98. The third-order valence-corrected chi connectivity index (χ3v) is 7.03. The van der Waals surface area contributed by atoms with Crippen LogP contribution in [0.15, 0.2) is 54.7 Å². The van der Waals surface area contributed by atoms with Gasteiger partial charge in [0.15, 0.2) is 11.5 Å². The van der Waals surface area contributed by atoms with Crippen molar-refractivity contribution in [3.05, 3.63) is 66.0 Å². The minimum Gasteiger partial charge on any atom is -0.356 e. The third kappa shape index (κ3) is 4.34. The van der Waals surface area contributed by atoms with Crippen LogP contribution in [0.5, 0.6) is 0 Å². The second-order valence-corrected chi connectivity index (χ2v) is 9.93. The van der Waals surface area contributed by atoms with Gasteiger partial charge in [-0.1, -0.05) is 25.1 Å². The standard InChI is InChI=1S/C28H33N9/c1-5-21-10-9-11-22(17-21)23-12-15-35(30-23)26-19-28(34-13-7-6-8-14-34)36-27(29-26)18-25(31-36)24-16-20(2)37(32-24)33(3)4/h9-12,15-19H,5-8,13-14H2,1-4H3.